The first-order valence-corrected chi connectivity index (χ1v) is 4.80. The maximum Gasteiger partial charge on any atom is 0.0466 e. The van der Waals surface area contributed by atoms with Gasteiger partial charge < -0.3 is 10.1 Å². The molecule has 0 radical (unpaired) electrons. The highest BCUT2D eigenvalue weighted by Crippen LogP contribution is 1.93. The summed E-state index contributed by atoms with van der Waals surface area (Å²) in [6.07, 6.45) is 3.32. The minimum Gasteiger partial charge on any atom is -0.389 e. The molecule has 0 aliphatic carbocycles. The monoisotopic (exact) mass is 171 g/mol. The first kappa shape index (κ1) is 11.5. The van der Waals surface area contributed by atoms with Crippen LogP contribution in [0.1, 0.15) is 33.1 Å². The number of hydrogen-bond acceptors (Lipinski definition) is 2. The third-order valence-corrected chi connectivity index (χ3v) is 1.72. The van der Waals surface area contributed by atoms with Gasteiger partial charge >= 0.3 is 0 Å². The van der Waals surface area contributed by atoms with Crippen LogP contribution in [0.3, 0.4) is 0 Å². The van der Waals surface area contributed by atoms with Crippen LogP contribution in [-0.4, -0.2) is 19.8 Å². The molecule has 2 nitrogen and oxygen atoms in total. The van der Waals surface area contributed by atoms with Crippen molar-refractivity contribution in [2.75, 3.05) is 19.8 Å². The molecule has 12 heavy (non-hydrogen) atoms. The van der Waals surface area contributed by atoms with Crippen LogP contribution < -0.4 is 5.32 Å². The number of nitrogens with one attached hydrogen (secondary N) is 1. The number of unbranched alkanes of at least 4 members (excludes halogenated alkanes) is 1. The van der Waals surface area contributed by atoms with Crippen LogP contribution >= 0.6 is 0 Å². The lowest BCUT2D eigenvalue weighted by Gasteiger charge is -2.06. The Bertz CT molecular complexity index is 112. The molecule has 0 aromatic heterocycles. The first-order chi connectivity index (χ1) is 5.81. The van der Waals surface area contributed by atoms with Gasteiger partial charge in [0.05, 0.1) is 0 Å². The molecule has 0 rings (SSSR count). The molecular formula is C10H21NO. The van der Waals surface area contributed by atoms with Gasteiger partial charge in [0.1, 0.15) is 0 Å². The van der Waals surface area contributed by atoms with Gasteiger partial charge in [-0.2, -0.15) is 0 Å². The Morgan fingerprint density at radius 2 is 2.08 bits per heavy atom. The Morgan fingerprint density at radius 3 is 2.67 bits per heavy atom. The molecule has 0 aromatic rings. The predicted molar refractivity (Wildman–Crippen MR) is 53.2 cm³/mol. The molecule has 72 valence electrons. The van der Waals surface area contributed by atoms with E-state index in [0.717, 1.165) is 38.3 Å². The van der Waals surface area contributed by atoms with E-state index >= 15 is 0 Å². The molecule has 0 heterocycles. The van der Waals surface area contributed by atoms with Gasteiger partial charge in [0.25, 0.3) is 0 Å². The second kappa shape index (κ2) is 8.60. The van der Waals surface area contributed by atoms with Crippen molar-refractivity contribution in [3.8, 4) is 0 Å². The van der Waals surface area contributed by atoms with E-state index in [1.807, 2.05) is 6.92 Å². The largest absolute Gasteiger partial charge is 0.389 e. The van der Waals surface area contributed by atoms with Crippen LogP contribution in [0.15, 0.2) is 12.3 Å². The zero-order chi connectivity index (χ0) is 9.23. The molecule has 0 fully saturated rings. The van der Waals surface area contributed by atoms with E-state index in [9.17, 15) is 0 Å². The molecule has 0 aliphatic heterocycles. The van der Waals surface area contributed by atoms with Crippen molar-refractivity contribution < 1.29 is 4.74 Å². The van der Waals surface area contributed by atoms with Gasteiger partial charge in [-0.15, -0.1) is 0 Å². The van der Waals surface area contributed by atoms with Gasteiger partial charge in [0.2, 0.25) is 0 Å². The van der Waals surface area contributed by atoms with E-state index in [1.165, 1.54) is 6.42 Å². The molecule has 0 amide bonds. The lowest BCUT2D eigenvalue weighted by Crippen LogP contribution is -2.13. The average Bonchev–Trinajstić information content (AvgIpc) is 2.10. The van der Waals surface area contributed by atoms with Gasteiger partial charge in [-0.05, 0) is 26.2 Å². The van der Waals surface area contributed by atoms with Gasteiger partial charge in [0.15, 0.2) is 0 Å². The van der Waals surface area contributed by atoms with Crippen LogP contribution in [0.4, 0.5) is 0 Å². The second-order valence-corrected chi connectivity index (χ2v) is 2.79. The third kappa shape index (κ3) is 7.61. The molecular weight excluding hydrogens is 150 g/mol. The standard InChI is InChI=1S/C10H21NO/c1-4-10(3)11-8-6-7-9-12-5-2/h11H,3-9H2,1-2H3. The van der Waals surface area contributed by atoms with Crippen molar-refractivity contribution in [3.05, 3.63) is 12.3 Å². The van der Waals surface area contributed by atoms with E-state index in [4.69, 9.17) is 4.74 Å². The normalized spacial score (nSPS) is 9.83. The van der Waals surface area contributed by atoms with E-state index < -0.39 is 0 Å². The lowest BCUT2D eigenvalue weighted by molar-refractivity contribution is 0.143. The second-order valence-electron chi connectivity index (χ2n) is 2.79. The summed E-state index contributed by atoms with van der Waals surface area (Å²) in [4.78, 5) is 0. The predicted octanol–water partition coefficient (Wildman–Crippen LogP) is 2.32. The van der Waals surface area contributed by atoms with Gasteiger partial charge in [-0.25, -0.2) is 0 Å². The fraction of sp³-hybridized carbons (Fsp3) is 0.800. The molecule has 2 heteroatoms. The van der Waals surface area contributed by atoms with Crippen molar-refractivity contribution in [2.45, 2.75) is 33.1 Å². The Hall–Kier alpha value is -0.500. The summed E-state index contributed by atoms with van der Waals surface area (Å²) >= 11 is 0. The number of ether oxygens (including phenoxy) is 1. The first-order valence-electron chi connectivity index (χ1n) is 4.80. The summed E-state index contributed by atoms with van der Waals surface area (Å²) in [7, 11) is 0. The Morgan fingerprint density at radius 1 is 1.33 bits per heavy atom. The van der Waals surface area contributed by atoms with Crippen molar-refractivity contribution in [1.82, 2.24) is 5.32 Å². The molecule has 0 aliphatic rings. The van der Waals surface area contributed by atoms with Crippen LogP contribution in [0.5, 0.6) is 0 Å². The Labute approximate surface area is 76.0 Å². The minimum absolute atomic E-state index is 0.828. The summed E-state index contributed by atoms with van der Waals surface area (Å²) in [6.45, 7) is 10.7. The number of hydrogen-bond donors (Lipinski definition) is 1. The number of allylic oxidation sites excluding steroid dienone is 1. The Balaban J connectivity index is 2.95. The smallest absolute Gasteiger partial charge is 0.0466 e. The zero-order valence-electron chi connectivity index (χ0n) is 8.36. The molecule has 0 bridgehead atoms. The SMILES string of the molecule is C=C(CC)NCCCCOCC. The molecule has 0 atom stereocenters. The molecule has 1 N–H and O–H groups in total. The number of rotatable bonds is 8. The summed E-state index contributed by atoms with van der Waals surface area (Å²) in [6, 6.07) is 0. The van der Waals surface area contributed by atoms with Gasteiger partial charge in [0, 0.05) is 25.5 Å². The van der Waals surface area contributed by atoms with E-state index in [0.29, 0.717) is 0 Å². The van der Waals surface area contributed by atoms with Crippen LogP contribution in [-0.2, 0) is 4.74 Å². The van der Waals surface area contributed by atoms with Crippen LogP contribution in [0, 0.1) is 0 Å². The topological polar surface area (TPSA) is 21.3 Å². The van der Waals surface area contributed by atoms with Gasteiger partial charge in [-0.1, -0.05) is 13.5 Å². The maximum absolute atomic E-state index is 5.22. The zero-order valence-corrected chi connectivity index (χ0v) is 8.36. The highest BCUT2D eigenvalue weighted by atomic mass is 16.5. The van der Waals surface area contributed by atoms with E-state index in [-0.39, 0.29) is 0 Å². The molecule has 0 aromatic carbocycles. The van der Waals surface area contributed by atoms with Gasteiger partial charge in [-0.3, -0.25) is 0 Å². The third-order valence-electron chi connectivity index (χ3n) is 1.72. The summed E-state index contributed by atoms with van der Waals surface area (Å²) in [5, 5.41) is 3.26. The maximum atomic E-state index is 5.22. The van der Waals surface area contributed by atoms with Crippen molar-refractivity contribution >= 4 is 0 Å². The highest BCUT2D eigenvalue weighted by molar-refractivity contribution is 4.88. The average molecular weight is 171 g/mol. The quantitative estimate of drug-likeness (QED) is 0.566. The fourth-order valence-electron chi connectivity index (χ4n) is 0.864. The van der Waals surface area contributed by atoms with Crippen molar-refractivity contribution in [3.63, 3.8) is 0 Å². The molecule has 0 saturated heterocycles. The van der Waals surface area contributed by atoms with Crippen molar-refractivity contribution in [2.24, 2.45) is 0 Å². The molecule has 0 unspecified atom stereocenters. The van der Waals surface area contributed by atoms with Crippen LogP contribution in [0.25, 0.3) is 0 Å². The van der Waals surface area contributed by atoms with E-state index in [2.05, 4.69) is 18.8 Å². The summed E-state index contributed by atoms with van der Waals surface area (Å²) < 4.78 is 5.22. The van der Waals surface area contributed by atoms with Crippen LogP contribution in [0.2, 0.25) is 0 Å². The van der Waals surface area contributed by atoms with Crippen molar-refractivity contribution in [1.29, 1.82) is 0 Å². The fourth-order valence-corrected chi connectivity index (χ4v) is 0.864. The Kier molecular flexibility index (Phi) is 8.24. The molecule has 0 spiro atoms. The summed E-state index contributed by atoms with van der Waals surface area (Å²) in [5.74, 6) is 0. The van der Waals surface area contributed by atoms with E-state index in [1.54, 1.807) is 0 Å². The summed E-state index contributed by atoms with van der Waals surface area (Å²) in [5.41, 5.74) is 1.13. The minimum atomic E-state index is 0.828. The highest BCUT2D eigenvalue weighted by Gasteiger charge is 1.89. The molecule has 0 saturated carbocycles. The lowest BCUT2D eigenvalue weighted by atomic mass is 10.3.